The van der Waals surface area contributed by atoms with Crippen molar-refractivity contribution in [3.8, 4) is 0 Å². The van der Waals surface area contributed by atoms with Gasteiger partial charge in [-0.3, -0.25) is 14.4 Å². The summed E-state index contributed by atoms with van der Waals surface area (Å²) in [5, 5.41) is 6.22. The van der Waals surface area contributed by atoms with E-state index in [0.717, 1.165) is 17.3 Å². The Hall–Kier alpha value is -2.61. The number of Topliss-reactive ketones (excluding diaryl/α,β-unsaturated/α-hetero) is 1. The molecule has 0 radical (unpaired) electrons. The summed E-state index contributed by atoms with van der Waals surface area (Å²) in [5.74, 6) is -0.186. The number of hydrogen-bond donors (Lipinski definition) is 1. The first-order valence-electron chi connectivity index (χ1n) is 9.21. The molecule has 0 aliphatic heterocycles. The van der Waals surface area contributed by atoms with Crippen LogP contribution < -0.4 is 5.32 Å². The van der Waals surface area contributed by atoms with Crippen molar-refractivity contribution in [2.24, 2.45) is 0 Å². The van der Waals surface area contributed by atoms with Gasteiger partial charge in [-0.2, -0.15) is 0 Å². The molecule has 8 heteroatoms. The highest BCUT2D eigenvalue weighted by molar-refractivity contribution is 8.00. The summed E-state index contributed by atoms with van der Waals surface area (Å²) >= 11 is 1.09. The van der Waals surface area contributed by atoms with E-state index in [1.807, 2.05) is 12.1 Å². The lowest BCUT2D eigenvalue weighted by atomic mass is 9.86. The number of carbonyl (C=O) groups is 3. The minimum absolute atomic E-state index is 0.00429. The van der Waals surface area contributed by atoms with Gasteiger partial charge in [0.05, 0.1) is 11.5 Å². The molecule has 1 aromatic heterocycles. The van der Waals surface area contributed by atoms with Crippen LogP contribution in [-0.2, 0) is 19.7 Å². The zero-order valence-electron chi connectivity index (χ0n) is 17.3. The Labute approximate surface area is 174 Å². The number of aromatic nitrogens is 1. The number of aryl methyl sites for hydroxylation is 1. The summed E-state index contributed by atoms with van der Waals surface area (Å²) in [7, 11) is 0. The maximum Gasteiger partial charge on any atom is 0.316 e. The Morgan fingerprint density at radius 3 is 2.38 bits per heavy atom. The number of hydrogen-bond acceptors (Lipinski definition) is 7. The topological polar surface area (TPSA) is 98.5 Å². The van der Waals surface area contributed by atoms with Gasteiger partial charge in [0.25, 0.3) is 0 Å². The molecule has 156 valence electrons. The molecule has 0 aliphatic carbocycles. The lowest BCUT2D eigenvalue weighted by molar-refractivity contribution is -0.143. The Balaban J connectivity index is 1.76. The quantitative estimate of drug-likeness (QED) is 0.515. The van der Waals surface area contributed by atoms with Gasteiger partial charge in [0, 0.05) is 11.6 Å². The summed E-state index contributed by atoms with van der Waals surface area (Å²) in [6.45, 7) is 9.55. The highest BCUT2D eigenvalue weighted by atomic mass is 32.2. The molecule has 1 heterocycles. The fourth-order valence-electron chi connectivity index (χ4n) is 2.49. The number of nitrogens with zero attached hydrogens (tertiary/aromatic N) is 1. The molecule has 0 fully saturated rings. The molecule has 0 saturated carbocycles. The standard InChI is InChI=1S/C21H26N2O5S/c1-13-10-17(23-28-13)22-18(24)11-29-12-19(25)27-14(2)20(26)15-6-8-16(9-7-15)21(3,4)5/h6-10,14H,11-12H2,1-5H3,(H,22,23,24)/t14-/m1/s1. The van der Waals surface area contributed by atoms with E-state index >= 15 is 0 Å². The number of ketones is 1. The number of amides is 1. The van der Waals surface area contributed by atoms with Gasteiger partial charge >= 0.3 is 5.97 Å². The first-order chi connectivity index (χ1) is 13.6. The molecule has 2 rings (SSSR count). The summed E-state index contributed by atoms with van der Waals surface area (Å²) in [6.07, 6.45) is -0.893. The van der Waals surface area contributed by atoms with E-state index in [4.69, 9.17) is 9.26 Å². The average Bonchev–Trinajstić information content (AvgIpc) is 3.05. The summed E-state index contributed by atoms with van der Waals surface area (Å²) in [6, 6.07) is 8.91. The third-order valence-electron chi connectivity index (χ3n) is 4.06. The highest BCUT2D eigenvalue weighted by Gasteiger charge is 2.21. The maximum atomic E-state index is 12.5. The van der Waals surface area contributed by atoms with Gasteiger partial charge in [-0.05, 0) is 24.8 Å². The van der Waals surface area contributed by atoms with Gasteiger partial charge in [0.2, 0.25) is 11.7 Å². The Kier molecular flexibility index (Phi) is 7.61. The fourth-order valence-corrected chi connectivity index (χ4v) is 3.08. The molecule has 2 aromatic rings. The molecule has 1 aromatic carbocycles. The number of anilines is 1. The van der Waals surface area contributed by atoms with Crippen LogP contribution in [0.5, 0.6) is 0 Å². The Morgan fingerprint density at radius 2 is 1.83 bits per heavy atom. The summed E-state index contributed by atoms with van der Waals surface area (Å²) in [4.78, 5) is 36.2. The van der Waals surface area contributed by atoms with Gasteiger partial charge in [-0.15, -0.1) is 11.8 Å². The second-order valence-corrected chi connectivity index (χ2v) is 8.67. The van der Waals surface area contributed by atoms with Crippen molar-refractivity contribution in [3.63, 3.8) is 0 Å². The first kappa shape index (κ1) is 22.7. The number of rotatable bonds is 8. The minimum Gasteiger partial charge on any atom is -0.454 e. The average molecular weight is 419 g/mol. The molecular formula is C21H26N2O5S. The summed E-state index contributed by atoms with van der Waals surface area (Å²) in [5.41, 5.74) is 1.61. The molecule has 0 bridgehead atoms. The molecule has 0 aliphatic rings. The van der Waals surface area contributed by atoms with Crippen molar-refractivity contribution < 1.29 is 23.6 Å². The number of thioether (sulfide) groups is 1. The van der Waals surface area contributed by atoms with E-state index in [1.165, 1.54) is 0 Å². The zero-order valence-corrected chi connectivity index (χ0v) is 18.1. The van der Waals surface area contributed by atoms with Crippen molar-refractivity contribution in [2.45, 2.75) is 46.1 Å². The zero-order chi connectivity index (χ0) is 21.6. The molecule has 1 atom stereocenters. The van der Waals surface area contributed by atoms with Crippen LogP contribution in [-0.4, -0.2) is 40.4 Å². The lowest BCUT2D eigenvalue weighted by Crippen LogP contribution is -2.26. The van der Waals surface area contributed by atoms with E-state index in [0.29, 0.717) is 17.1 Å². The van der Waals surface area contributed by atoms with Crippen LogP contribution in [0.2, 0.25) is 0 Å². The predicted molar refractivity (Wildman–Crippen MR) is 112 cm³/mol. The third kappa shape index (κ3) is 7.05. The molecule has 1 N–H and O–H groups in total. The molecule has 0 saturated heterocycles. The predicted octanol–water partition coefficient (Wildman–Crippen LogP) is 3.77. The minimum atomic E-state index is -0.893. The number of benzene rings is 1. The van der Waals surface area contributed by atoms with Gasteiger partial charge in [0.15, 0.2) is 11.9 Å². The van der Waals surface area contributed by atoms with Crippen LogP contribution in [0.25, 0.3) is 0 Å². The highest BCUT2D eigenvalue weighted by Crippen LogP contribution is 2.22. The molecule has 0 spiro atoms. The van der Waals surface area contributed by atoms with Crippen molar-refractivity contribution in [1.82, 2.24) is 5.16 Å². The van der Waals surface area contributed by atoms with Crippen molar-refractivity contribution >= 4 is 35.2 Å². The van der Waals surface area contributed by atoms with Gasteiger partial charge in [0.1, 0.15) is 5.76 Å². The number of ether oxygens (including phenoxy) is 1. The summed E-state index contributed by atoms with van der Waals surface area (Å²) < 4.78 is 10.1. The largest absolute Gasteiger partial charge is 0.454 e. The monoisotopic (exact) mass is 418 g/mol. The normalized spacial score (nSPS) is 12.3. The smallest absolute Gasteiger partial charge is 0.316 e. The number of esters is 1. The maximum absolute atomic E-state index is 12.5. The molecule has 0 unspecified atom stereocenters. The van der Waals surface area contributed by atoms with Crippen LogP contribution in [0, 0.1) is 6.92 Å². The third-order valence-corrected chi connectivity index (χ3v) is 4.97. The van der Waals surface area contributed by atoms with Crippen molar-refractivity contribution in [1.29, 1.82) is 0 Å². The van der Waals surface area contributed by atoms with Crippen LogP contribution in [0.4, 0.5) is 5.82 Å². The number of carbonyl (C=O) groups excluding carboxylic acids is 3. The Morgan fingerprint density at radius 1 is 1.17 bits per heavy atom. The second-order valence-electron chi connectivity index (χ2n) is 7.69. The van der Waals surface area contributed by atoms with E-state index in [9.17, 15) is 14.4 Å². The van der Waals surface area contributed by atoms with E-state index in [-0.39, 0.29) is 28.6 Å². The Bertz CT molecular complexity index is 868. The fraction of sp³-hybridized carbons (Fsp3) is 0.429. The molecule has 1 amide bonds. The first-order valence-corrected chi connectivity index (χ1v) is 10.4. The SMILES string of the molecule is Cc1cc(NC(=O)CSCC(=O)O[C@H](C)C(=O)c2ccc(C(C)(C)C)cc2)no1. The van der Waals surface area contributed by atoms with Gasteiger partial charge in [-0.1, -0.05) is 50.2 Å². The van der Waals surface area contributed by atoms with E-state index in [1.54, 1.807) is 32.0 Å². The van der Waals surface area contributed by atoms with Crippen molar-refractivity contribution in [3.05, 3.63) is 47.2 Å². The van der Waals surface area contributed by atoms with Gasteiger partial charge < -0.3 is 14.6 Å². The molecule has 29 heavy (non-hydrogen) atoms. The van der Waals surface area contributed by atoms with Crippen LogP contribution in [0.15, 0.2) is 34.9 Å². The van der Waals surface area contributed by atoms with Crippen molar-refractivity contribution in [2.75, 3.05) is 16.8 Å². The lowest BCUT2D eigenvalue weighted by Gasteiger charge is -2.19. The van der Waals surface area contributed by atoms with E-state index < -0.39 is 12.1 Å². The van der Waals surface area contributed by atoms with Crippen LogP contribution in [0.3, 0.4) is 0 Å². The molecular weight excluding hydrogens is 392 g/mol. The second kappa shape index (κ2) is 9.73. The van der Waals surface area contributed by atoms with Crippen LogP contribution in [0.1, 0.15) is 49.4 Å². The molecule has 7 nitrogen and oxygen atoms in total. The van der Waals surface area contributed by atoms with Crippen LogP contribution >= 0.6 is 11.8 Å². The van der Waals surface area contributed by atoms with E-state index in [2.05, 4.69) is 31.2 Å². The van der Waals surface area contributed by atoms with Gasteiger partial charge in [-0.25, -0.2) is 0 Å². The number of nitrogens with one attached hydrogen (secondary N) is 1.